The van der Waals surface area contributed by atoms with Crippen molar-refractivity contribution < 1.29 is 4.79 Å². The molecule has 1 rings (SSSR count). The van der Waals surface area contributed by atoms with E-state index in [1.165, 1.54) is 11.1 Å². The SMILES string of the molecule is CCN(Cc1cccc(C)c1)C(=O)C(C)CCCC(C)N. The zero-order chi connectivity index (χ0) is 15.8. The summed E-state index contributed by atoms with van der Waals surface area (Å²) in [6, 6.07) is 8.59. The minimum absolute atomic E-state index is 0.0773. The van der Waals surface area contributed by atoms with E-state index in [1.807, 2.05) is 25.7 Å². The summed E-state index contributed by atoms with van der Waals surface area (Å²) in [5, 5.41) is 0. The van der Waals surface area contributed by atoms with Crippen molar-refractivity contribution in [1.82, 2.24) is 4.90 Å². The third-order valence-electron chi connectivity index (χ3n) is 3.87. The zero-order valence-corrected chi connectivity index (χ0v) is 13.9. The van der Waals surface area contributed by atoms with Gasteiger partial charge in [-0.15, -0.1) is 0 Å². The molecular formula is C18H30N2O. The van der Waals surface area contributed by atoms with Crippen LogP contribution >= 0.6 is 0 Å². The van der Waals surface area contributed by atoms with Gasteiger partial charge in [0.25, 0.3) is 0 Å². The quantitative estimate of drug-likeness (QED) is 0.796. The van der Waals surface area contributed by atoms with Gasteiger partial charge in [0, 0.05) is 25.0 Å². The summed E-state index contributed by atoms with van der Waals surface area (Å²) in [7, 11) is 0. The van der Waals surface area contributed by atoms with Crippen molar-refractivity contribution in [1.29, 1.82) is 0 Å². The number of rotatable bonds is 8. The Hall–Kier alpha value is -1.35. The maximum atomic E-state index is 12.5. The van der Waals surface area contributed by atoms with Crippen LogP contribution in [0.2, 0.25) is 0 Å². The summed E-state index contributed by atoms with van der Waals surface area (Å²) >= 11 is 0. The predicted molar refractivity (Wildman–Crippen MR) is 88.9 cm³/mol. The number of hydrogen-bond acceptors (Lipinski definition) is 2. The predicted octanol–water partition coefficient (Wildman–Crippen LogP) is 3.50. The standard InChI is InChI=1S/C18H30N2O/c1-5-20(13-17-11-6-8-14(2)12-17)18(21)15(3)9-7-10-16(4)19/h6,8,11-12,15-16H,5,7,9-10,13,19H2,1-4H3. The van der Waals surface area contributed by atoms with Gasteiger partial charge in [0.15, 0.2) is 0 Å². The van der Waals surface area contributed by atoms with Crippen LogP contribution in [0.5, 0.6) is 0 Å². The van der Waals surface area contributed by atoms with Crippen molar-refractivity contribution in [2.45, 2.75) is 59.5 Å². The Balaban J connectivity index is 2.56. The average molecular weight is 290 g/mol. The van der Waals surface area contributed by atoms with Crippen molar-refractivity contribution in [2.24, 2.45) is 11.7 Å². The minimum atomic E-state index is 0.0773. The molecule has 0 aliphatic carbocycles. The van der Waals surface area contributed by atoms with Gasteiger partial charge in [-0.1, -0.05) is 43.2 Å². The molecule has 0 aliphatic rings. The third-order valence-corrected chi connectivity index (χ3v) is 3.87. The second-order valence-corrected chi connectivity index (χ2v) is 6.15. The van der Waals surface area contributed by atoms with E-state index in [2.05, 4.69) is 31.2 Å². The smallest absolute Gasteiger partial charge is 0.225 e. The van der Waals surface area contributed by atoms with Gasteiger partial charge in [-0.2, -0.15) is 0 Å². The van der Waals surface area contributed by atoms with Crippen LogP contribution in [0.3, 0.4) is 0 Å². The molecule has 0 radical (unpaired) electrons. The second-order valence-electron chi connectivity index (χ2n) is 6.15. The van der Waals surface area contributed by atoms with Gasteiger partial charge in [0.2, 0.25) is 5.91 Å². The van der Waals surface area contributed by atoms with E-state index in [0.29, 0.717) is 6.54 Å². The van der Waals surface area contributed by atoms with Crippen LogP contribution in [-0.4, -0.2) is 23.4 Å². The number of carbonyl (C=O) groups is 1. The van der Waals surface area contributed by atoms with Crippen LogP contribution in [0.4, 0.5) is 0 Å². The Morgan fingerprint density at radius 3 is 2.57 bits per heavy atom. The van der Waals surface area contributed by atoms with E-state index in [1.54, 1.807) is 0 Å². The van der Waals surface area contributed by atoms with Gasteiger partial charge in [-0.3, -0.25) is 4.79 Å². The van der Waals surface area contributed by atoms with Gasteiger partial charge >= 0.3 is 0 Å². The Morgan fingerprint density at radius 1 is 1.29 bits per heavy atom. The summed E-state index contributed by atoms with van der Waals surface area (Å²) in [4.78, 5) is 14.5. The fraction of sp³-hybridized carbons (Fsp3) is 0.611. The number of nitrogens with two attached hydrogens (primary N) is 1. The average Bonchev–Trinajstić information content (AvgIpc) is 2.43. The topological polar surface area (TPSA) is 46.3 Å². The van der Waals surface area contributed by atoms with E-state index in [0.717, 1.165) is 25.8 Å². The highest BCUT2D eigenvalue weighted by atomic mass is 16.2. The van der Waals surface area contributed by atoms with Gasteiger partial charge in [-0.25, -0.2) is 0 Å². The lowest BCUT2D eigenvalue weighted by molar-refractivity contribution is -0.135. The van der Waals surface area contributed by atoms with Crippen LogP contribution in [-0.2, 0) is 11.3 Å². The van der Waals surface area contributed by atoms with Gasteiger partial charge in [0.1, 0.15) is 0 Å². The van der Waals surface area contributed by atoms with Crippen LogP contribution in [0, 0.1) is 12.8 Å². The highest BCUT2D eigenvalue weighted by molar-refractivity contribution is 5.78. The Morgan fingerprint density at radius 2 is 2.00 bits per heavy atom. The number of amides is 1. The minimum Gasteiger partial charge on any atom is -0.338 e. The fourth-order valence-corrected chi connectivity index (χ4v) is 2.56. The van der Waals surface area contributed by atoms with Crippen LogP contribution < -0.4 is 5.73 Å². The summed E-state index contributed by atoms with van der Waals surface area (Å²) in [6.07, 6.45) is 2.93. The van der Waals surface area contributed by atoms with Crippen molar-refractivity contribution in [3.8, 4) is 0 Å². The summed E-state index contributed by atoms with van der Waals surface area (Å²) in [6.45, 7) is 9.63. The van der Waals surface area contributed by atoms with E-state index in [4.69, 9.17) is 5.73 Å². The van der Waals surface area contributed by atoms with Crippen molar-refractivity contribution in [2.75, 3.05) is 6.54 Å². The molecule has 0 heterocycles. The third kappa shape index (κ3) is 6.30. The lowest BCUT2D eigenvalue weighted by Crippen LogP contribution is -2.34. The van der Waals surface area contributed by atoms with E-state index < -0.39 is 0 Å². The number of benzene rings is 1. The molecule has 0 aliphatic heterocycles. The summed E-state index contributed by atoms with van der Waals surface area (Å²) < 4.78 is 0. The highest BCUT2D eigenvalue weighted by Gasteiger charge is 2.19. The molecule has 3 heteroatoms. The Kier molecular flexibility index (Phi) is 7.44. The number of aryl methyl sites for hydroxylation is 1. The molecule has 0 bridgehead atoms. The number of carbonyl (C=O) groups excluding carboxylic acids is 1. The molecule has 2 atom stereocenters. The van der Waals surface area contributed by atoms with E-state index in [9.17, 15) is 4.79 Å². The van der Waals surface area contributed by atoms with Gasteiger partial charge < -0.3 is 10.6 Å². The fourth-order valence-electron chi connectivity index (χ4n) is 2.56. The lowest BCUT2D eigenvalue weighted by atomic mass is 10.0. The van der Waals surface area contributed by atoms with Crippen LogP contribution in [0.15, 0.2) is 24.3 Å². The Labute approximate surface area is 129 Å². The number of nitrogens with zero attached hydrogens (tertiary/aromatic N) is 1. The molecule has 118 valence electrons. The normalized spacial score (nSPS) is 13.8. The van der Waals surface area contributed by atoms with Crippen molar-refractivity contribution >= 4 is 5.91 Å². The molecule has 1 aromatic rings. The molecule has 1 amide bonds. The molecule has 0 aromatic heterocycles. The molecule has 0 saturated carbocycles. The first-order valence-electron chi connectivity index (χ1n) is 8.04. The maximum Gasteiger partial charge on any atom is 0.225 e. The molecule has 0 saturated heterocycles. The lowest BCUT2D eigenvalue weighted by Gasteiger charge is -2.25. The molecular weight excluding hydrogens is 260 g/mol. The van der Waals surface area contributed by atoms with Crippen LogP contribution in [0.25, 0.3) is 0 Å². The first-order chi connectivity index (χ1) is 9.93. The molecule has 0 spiro atoms. The largest absolute Gasteiger partial charge is 0.338 e. The highest BCUT2D eigenvalue weighted by Crippen LogP contribution is 2.15. The molecule has 21 heavy (non-hydrogen) atoms. The molecule has 3 nitrogen and oxygen atoms in total. The van der Waals surface area contributed by atoms with Crippen molar-refractivity contribution in [3.63, 3.8) is 0 Å². The van der Waals surface area contributed by atoms with Crippen molar-refractivity contribution in [3.05, 3.63) is 35.4 Å². The molecule has 2 unspecified atom stereocenters. The summed E-state index contributed by atoms with van der Waals surface area (Å²) in [5.41, 5.74) is 8.20. The second kappa shape index (κ2) is 8.83. The maximum absolute atomic E-state index is 12.5. The first kappa shape index (κ1) is 17.7. The van der Waals surface area contributed by atoms with Crippen LogP contribution in [0.1, 0.15) is 51.2 Å². The van der Waals surface area contributed by atoms with Gasteiger partial charge in [-0.05, 0) is 39.2 Å². The molecule has 1 aromatic carbocycles. The summed E-state index contributed by atoms with van der Waals surface area (Å²) in [5.74, 6) is 0.331. The van der Waals surface area contributed by atoms with E-state index in [-0.39, 0.29) is 17.9 Å². The van der Waals surface area contributed by atoms with E-state index >= 15 is 0 Å². The van der Waals surface area contributed by atoms with Gasteiger partial charge in [0.05, 0.1) is 0 Å². The first-order valence-corrected chi connectivity index (χ1v) is 8.04. The number of hydrogen-bond donors (Lipinski definition) is 1. The molecule has 0 fully saturated rings. The Bertz CT molecular complexity index is 443. The monoisotopic (exact) mass is 290 g/mol. The zero-order valence-electron chi connectivity index (χ0n) is 13.9. The molecule has 2 N–H and O–H groups in total.